The number of rotatable bonds is 7. The van der Waals surface area contributed by atoms with E-state index in [0.717, 1.165) is 13.1 Å². The summed E-state index contributed by atoms with van der Waals surface area (Å²) in [5.41, 5.74) is 2.41. The highest BCUT2D eigenvalue weighted by Gasteiger charge is 2.16. The van der Waals surface area contributed by atoms with Crippen LogP contribution < -0.4 is 5.32 Å². The second-order valence-electron chi connectivity index (χ2n) is 5.70. The molecule has 1 N–H and O–H groups in total. The molecule has 0 spiro atoms. The van der Waals surface area contributed by atoms with E-state index in [0.29, 0.717) is 6.61 Å². The first-order valence-electron chi connectivity index (χ1n) is 6.88. The largest absolute Gasteiger partial charge is 0.383 e. The molecular formula is C16H23N3O. The fourth-order valence-corrected chi connectivity index (χ4v) is 2.11. The molecule has 4 heteroatoms. The molecule has 2 rings (SSSR count). The second kappa shape index (κ2) is 6.68. The average molecular weight is 273 g/mol. The van der Waals surface area contributed by atoms with E-state index >= 15 is 0 Å². The van der Waals surface area contributed by atoms with Crippen LogP contribution >= 0.6 is 0 Å². The fraction of sp³-hybridized carbons (Fsp3) is 0.438. The minimum Gasteiger partial charge on any atom is -0.383 e. The van der Waals surface area contributed by atoms with Gasteiger partial charge in [-0.25, -0.2) is 0 Å². The molecule has 0 saturated heterocycles. The van der Waals surface area contributed by atoms with Crippen LogP contribution in [0.3, 0.4) is 0 Å². The van der Waals surface area contributed by atoms with Gasteiger partial charge >= 0.3 is 0 Å². The zero-order valence-electron chi connectivity index (χ0n) is 12.5. The number of benzene rings is 1. The van der Waals surface area contributed by atoms with Crippen LogP contribution in [-0.4, -0.2) is 29.0 Å². The summed E-state index contributed by atoms with van der Waals surface area (Å²) in [4.78, 5) is 0. The number of ether oxygens (including phenoxy) is 1. The van der Waals surface area contributed by atoms with E-state index < -0.39 is 0 Å². The van der Waals surface area contributed by atoms with Crippen molar-refractivity contribution in [2.24, 2.45) is 0 Å². The third-order valence-corrected chi connectivity index (χ3v) is 3.15. The van der Waals surface area contributed by atoms with Gasteiger partial charge in [0.25, 0.3) is 0 Å². The number of aromatic nitrogens is 2. The summed E-state index contributed by atoms with van der Waals surface area (Å²) < 4.78 is 7.16. The second-order valence-corrected chi connectivity index (χ2v) is 5.70. The van der Waals surface area contributed by atoms with Crippen molar-refractivity contribution < 1.29 is 4.74 Å². The van der Waals surface area contributed by atoms with E-state index in [4.69, 9.17) is 4.74 Å². The Morgan fingerprint density at radius 3 is 2.65 bits per heavy atom. The molecule has 1 aromatic carbocycles. The monoisotopic (exact) mass is 273 g/mol. The molecule has 0 unspecified atom stereocenters. The van der Waals surface area contributed by atoms with Gasteiger partial charge in [0, 0.05) is 31.0 Å². The Bertz CT molecular complexity index is 520. The molecule has 20 heavy (non-hydrogen) atoms. The van der Waals surface area contributed by atoms with Crippen LogP contribution in [0.1, 0.15) is 25.0 Å². The van der Waals surface area contributed by atoms with Gasteiger partial charge in [0.05, 0.1) is 19.3 Å². The van der Waals surface area contributed by atoms with Crippen LogP contribution in [0.4, 0.5) is 0 Å². The molecule has 1 aromatic heterocycles. The number of methoxy groups -OCH3 is 1. The van der Waals surface area contributed by atoms with Crippen molar-refractivity contribution in [2.45, 2.75) is 32.5 Å². The van der Waals surface area contributed by atoms with Crippen molar-refractivity contribution in [1.29, 1.82) is 0 Å². The number of nitrogens with one attached hydrogen (secondary N) is 1. The van der Waals surface area contributed by atoms with E-state index in [2.05, 4.69) is 54.7 Å². The van der Waals surface area contributed by atoms with Crippen LogP contribution in [0.2, 0.25) is 0 Å². The molecule has 0 radical (unpaired) electrons. The molecule has 0 atom stereocenters. The van der Waals surface area contributed by atoms with Gasteiger partial charge in [0.1, 0.15) is 0 Å². The zero-order valence-corrected chi connectivity index (χ0v) is 12.5. The molecule has 1 heterocycles. The SMILES string of the molecule is COCC(C)(C)NCc1cnn(Cc2ccccc2)c1. The lowest BCUT2D eigenvalue weighted by molar-refractivity contribution is 0.128. The standard InChI is InChI=1S/C16H23N3O/c1-16(2,13-20-3)17-9-15-10-18-19(12-15)11-14-7-5-4-6-8-14/h4-8,10,12,17H,9,11,13H2,1-3H3. The highest BCUT2D eigenvalue weighted by molar-refractivity contribution is 5.15. The van der Waals surface area contributed by atoms with Crippen molar-refractivity contribution in [3.63, 3.8) is 0 Å². The first-order chi connectivity index (χ1) is 9.59. The van der Waals surface area contributed by atoms with E-state index in [1.165, 1.54) is 11.1 Å². The fourth-order valence-electron chi connectivity index (χ4n) is 2.11. The van der Waals surface area contributed by atoms with Crippen molar-refractivity contribution in [3.8, 4) is 0 Å². The first kappa shape index (κ1) is 14.8. The maximum Gasteiger partial charge on any atom is 0.0659 e. The van der Waals surface area contributed by atoms with Gasteiger partial charge in [-0.05, 0) is 19.4 Å². The highest BCUT2D eigenvalue weighted by atomic mass is 16.5. The van der Waals surface area contributed by atoms with Gasteiger partial charge in [0.15, 0.2) is 0 Å². The van der Waals surface area contributed by atoms with Crippen LogP contribution in [0.15, 0.2) is 42.7 Å². The van der Waals surface area contributed by atoms with Crippen LogP contribution in [0, 0.1) is 0 Å². The minimum atomic E-state index is -0.0315. The predicted octanol–water partition coefficient (Wildman–Crippen LogP) is 2.45. The Labute approximate surface area is 120 Å². The third-order valence-electron chi connectivity index (χ3n) is 3.15. The Kier molecular flexibility index (Phi) is 4.93. The van der Waals surface area contributed by atoms with Crippen molar-refractivity contribution in [1.82, 2.24) is 15.1 Å². The van der Waals surface area contributed by atoms with E-state index in [1.54, 1.807) is 7.11 Å². The van der Waals surface area contributed by atoms with Gasteiger partial charge in [-0.1, -0.05) is 30.3 Å². The molecule has 0 bridgehead atoms. The van der Waals surface area contributed by atoms with Crippen LogP contribution in [0.5, 0.6) is 0 Å². The molecule has 0 aliphatic rings. The Morgan fingerprint density at radius 1 is 1.20 bits per heavy atom. The Morgan fingerprint density at radius 2 is 1.95 bits per heavy atom. The summed E-state index contributed by atoms with van der Waals surface area (Å²) in [6.45, 7) is 6.55. The normalized spacial score (nSPS) is 11.8. The van der Waals surface area contributed by atoms with Crippen LogP contribution in [0.25, 0.3) is 0 Å². The smallest absolute Gasteiger partial charge is 0.0659 e. The van der Waals surface area contributed by atoms with Gasteiger partial charge in [0.2, 0.25) is 0 Å². The molecule has 4 nitrogen and oxygen atoms in total. The van der Waals surface area contributed by atoms with Crippen molar-refractivity contribution in [3.05, 3.63) is 53.9 Å². The van der Waals surface area contributed by atoms with Gasteiger partial charge < -0.3 is 10.1 Å². The van der Waals surface area contributed by atoms with E-state index in [-0.39, 0.29) is 5.54 Å². The lowest BCUT2D eigenvalue weighted by Gasteiger charge is -2.24. The molecule has 0 amide bonds. The lowest BCUT2D eigenvalue weighted by Crippen LogP contribution is -2.42. The Balaban J connectivity index is 1.89. The van der Waals surface area contributed by atoms with E-state index in [9.17, 15) is 0 Å². The molecule has 2 aromatic rings. The Hall–Kier alpha value is -1.65. The highest BCUT2D eigenvalue weighted by Crippen LogP contribution is 2.07. The molecule has 0 saturated carbocycles. The number of nitrogens with zero attached hydrogens (tertiary/aromatic N) is 2. The molecule has 0 aliphatic heterocycles. The molecule has 0 aliphatic carbocycles. The van der Waals surface area contributed by atoms with Gasteiger partial charge in [-0.2, -0.15) is 5.10 Å². The van der Waals surface area contributed by atoms with Gasteiger partial charge in [-0.3, -0.25) is 4.68 Å². The van der Waals surface area contributed by atoms with Crippen molar-refractivity contribution in [2.75, 3.05) is 13.7 Å². The summed E-state index contributed by atoms with van der Waals surface area (Å²) in [5.74, 6) is 0. The molecule has 0 fully saturated rings. The lowest BCUT2D eigenvalue weighted by atomic mass is 10.1. The van der Waals surface area contributed by atoms with E-state index in [1.807, 2.05) is 16.9 Å². The van der Waals surface area contributed by atoms with Crippen LogP contribution in [-0.2, 0) is 17.8 Å². The molecule has 108 valence electrons. The zero-order chi connectivity index (χ0) is 14.4. The minimum absolute atomic E-state index is 0.0315. The average Bonchev–Trinajstić information content (AvgIpc) is 2.85. The quantitative estimate of drug-likeness (QED) is 0.842. The summed E-state index contributed by atoms with van der Waals surface area (Å²) >= 11 is 0. The van der Waals surface area contributed by atoms with Gasteiger partial charge in [-0.15, -0.1) is 0 Å². The number of hydrogen-bond donors (Lipinski definition) is 1. The topological polar surface area (TPSA) is 39.1 Å². The van der Waals surface area contributed by atoms with Crippen molar-refractivity contribution >= 4 is 0 Å². The summed E-state index contributed by atoms with van der Waals surface area (Å²) in [6, 6.07) is 10.4. The maximum atomic E-state index is 5.20. The third kappa shape index (κ3) is 4.47. The maximum absolute atomic E-state index is 5.20. The summed E-state index contributed by atoms with van der Waals surface area (Å²) in [7, 11) is 1.72. The predicted molar refractivity (Wildman–Crippen MR) is 80.6 cm³/mol. The summed E-state index contributed by atoms with van der Waals surface area (Å²) in [6.07, 6.45) is 4.00. The number of hydrogen-bond acceptors (Lipinski definition) is 3. The molecular weight excluding hydrogens is 250 g/mol. The summed E-state index contributed by atoms with van der Waals surface area (Å²) in [5, 5.41) is 7.88. The first-order valence-corrected chi connectivity index (χ1v) is 6.88.